The molecule has 0 atom stereocenters. The molecular formula is C29H30F3N3O4. The Bertz CT molecular complexity index is 1300. The molecule has 0 bridgehead atoms. The number of ether oxygens (including phenoxy) is 1. The molecule has 7 nitrogen and oxygen atoms in total. The first-order valence-electron chi connectivity index (χ1n) is 12.6. The normalized spacial score (nSPS) is 19.4. The van der Waals surface area contributed by atoms with Gasteiger partial charge in [0.15, 0.2) is 0 Å². The fourth-order valence-corrected chi connectivity index (χ4v) is 4.88. The molecule has 3 N–H and O–H groups in total. The molecule has 1 aliphatic rings. The Morgan fingerprint density at radius 1 is 1.08 bits per heavy atom. The Kier molecular flexibility index (Phi) is 8.66. The predicted molar refractivity (Wildman–Crippen MR) is 139 cm³/mol. The minimum Gasteiger partial charge on any atom is -0.385 e. The number of carbonyl (C=O) groups excluding carboxylic acids is 2. The first-order valence-corrected chi connectivity index (χ1v) is 12.6. The quantitative estimate of drug-likeness (QED) is 0.366. The number of halogens is 3. The number of methoxy groups -OCH3 is 1. The summed E-state index contributed by atoms with van der Waals surface area (Å²) in [4.78, 5) is 29.4. The van der Waals surface area contributed by atoms with E-state index in [1.54, 1.807) is 25.4 Å². The third kappa shape index (κ3) is 7.01. The van der Waals surface area contributed by atoms with Crippen molar-refractivity contribution in [3.63, 3.8) is 0 Å². The van der Waals surface area contributed by atoms with E-state index in [0.717, 1.165) is 29.3 Å². The summed E-state index contributed by atoms with van der Waals surface area (Å²) < 4.78 is 43.9. The number of alkyl halides is 3. The van der Waals surface area contributed by atoms with Crippen LogP contribution in [0.5, 0.6) is 0 Å². The number of carbonyl (C=O) groups is 2. The Morgan fingerprint density at radius 2 is 1.79 bits per heavy atom. The van der Waals surface area contributed by atoms with Crippen molar-refractivity contribution in [3.8, 4) is 0 Å². The van der Waals surface area contributed by atoms with Gasteiger partial charge in [-0.15, -0.1) is 0 Å². The largest absolute Gasteiger partial charge is 0.416 e. The lowest BCUT2D eigenvalue weighted by Crippen LogP contribution is -2.34. The Morgan fingerprint density at radius 3 is 2.46 bits per heavy atom. The third-order valence-electron chi connectivity index (χ3n) is 6.98. The predicted octanol–water partition coefficient (Wildman–Crippen LogP) is 5.16. The number of amides is 2. The van der Waals surface area contributed by atoms with Crippen LogP contribution >= 0.6 is 0 Å². The van der Waals surface area contributed by atoms with E-state index in [9.17, 15) is 27.9 Å². The van der Waals surface area contributed by atoms with Gasteiger partial charge in [-0.1, -0.05) is 30.3 Å². The maximum Gasteiger partial charge on any atom is 0.416 e. The molecule has 1 aromatic heterocycles. The highest BCUT2D eigenvalue weighted by Crippen LogP contribution is 2.44. The van der Waals surface area contributed by atoms with Crippen molar-refractivity contribution in [2.45, 2.75) is 50.0 Å². The fourth-order valence-electron chi connectivity index (χ4n) is 4.88. The van der Waals surface area contributed by atoms with Gasteiger partial charge >= 0.3 is 6.18 Å². The summed E-state index contributed by atoms with van der Waals surface area (Å²) in [6, 6.07) is 15.1. The topological polar surface area (TPSA) is 101 Å². The molecule has 2 amide bonds. The number of rotatable bonds is 8. The van der Waals surface area contributed by atoms with Gasteiger partial charge < -0.3 is 20.5 Å². The summed E-state index contributed by atoms with van der Waals surface area (Å²) in [5, 5.41) is 16.4. The Hall–Kier alpha value is -3.76. The van der Waals surface area contributed by atoms with Crippen molar-refractivity contribution in [2.75, 3.05) is 19.0 Å². The lowest BCUT2D eigenvalue weighted by Gasteiger charge is -2.36. The van der Waals surface area contributed by atoms with Crippen LogP contribution in [0.4, 0.5) is 18.9 Å². The van der Waals surface area contributed by atoms with Gasteiger partial charge in [-0.05, 0) is 67.1 Å². The lowest BCUT2D eigenvalue weighted by molar-refractivity contribution is -0.137. The average molecular weight is 542 g/mol. The molecule has 0 spiro atoms. The van der Waals surface area contributed by atoms with E-state index in [-0.39, 0.29) is 11.5 Å². The van der Waals surface area contributed by atoms with Crippen LogP contribution in [0.25, 0.3) is 0 Å². The minimum atomic E-state index is -4.58. The number of hydrogen-bond acceptors (Lipinski definition) is 5. The maximum absolute atomic E-state index is 12.9. The van der Waals surface area contributed by atoms with Crippen molar-refractivity contribution >= 4 is 17.5 Å². The first kappa shape index (κ1) is 28.3. The van der Waals surface area contributed by atoms with E-state index < -0.39 is 35.7 Å². The van der Waals surface area contributed by atoms with E-state index in [2.05, 4.69) is 15.6 Å². The summed E-state index contributed by atoms with van der Waals surface area (Å²) in [7, 11) is 1.63. The van der Waals surface area contributed by atoms with Crippen LogP contribution in [0.3, 0.4) is 0 Å². The highest BCUT2D eigenvalue weighted by Gasteiger charge is 2.36. The van der Waals surface area contributed by atoms with Gasteiger partial charge in [-0.2, -0.15) is 13.2 Å². The molecule has 4 rings (SSSR count). The maximum atomic E-state index is 12.9. The van der Waals surface area contributed by atoms with E-state index in [1.807, 2.05) is 24.3 Å². The van der Waals surface area contributed by atoms with Gasteiger partial charge in [0.25, 0.3) is 5.91 Å². The molecule has 0 saturated heterocycles. The second kappa shape index (κ2) is 12.0. The Labute approximate surface area is 224 Å². The number of nitrogens with one attached hydrogen (secondary N) is 2. The summed E-state index contributed by atoms with van der Waals surface area (Å²) in [5.74, 6) is -1.31. The molecule has 10 heteroatoms. The number of aliphatic hydroxyl groups is 1. The van der Waals surface area contributed by atoms with Crippen molar-refractivity contribution in [1.29, 1.82) is 0 Å². The molecule has 1 saturated carbocycles. The molecule has 0 radical (unpaired) electrons. The number of anilines is 1. The zero-order chi connectivity index (χ0) is 28.0. The van der Waals surface area contributed by atoms with E-state index >= 15 is 0 Å². The van der Waals surface area contributed by atoms with Crippen LogP contribution in [0, 0.1) is 0 Å². The number of pyridine rings is 1. The van der Waals surface area contributed by atoms with Crippen molar-refractivity contribution in [1.82, 2.24) is 10.3 Å². The molecule has 206 valence electrons. The van der Waals surface area contributed by atoms with Gasteiger partial charge in [0.05, 0.1) is 35.7 Å². The van der Waals surface area contributed by atoms with E-state index in [1.165, 1.54) is 6.07 Å². The van der Waals surface area contributed by atoms with Gasteiger partial charge in [0, 0.05) is 24.8 Å². The number of aromatic nitrogens is 1. The van der Waals surface area contributed by atoms with Gasteiger partial charge in [0.2, 0.25) is 5.91 Å². The highest BCUT2D eigenvalue weighted by atomic mass is 19.4. The van der Waals surface area contributed by atoms with Crippen LogP contribution in [0.15, 0.2) is 66.9 Å². The van der Waals surface area contributed by atoms with Crippen molar-refractivity contribution in [2.24, 2.45) is 0 Å². The number of hydrogen-bond donors (Lipinski definition) is 3. The zero-order valence-electron chi connectivity index (χ0n) is 21.4. The van der Waals surface area contributed by atoms with Crippen LogP contribution in [-0.2, 0) is 27.9 Å². The Balaban J connectivity index is 1.35. The smallest absolute Gasteiger partial charge is 0.385 e. The molecule has 1 fully saturated rings. The summed E-state index contributed by atoms with van der Waals surface area (Å²) in [6.45, 7) is 0.0801. The fraction of sp³-hybridized carbons (Fsp3) is 0.345. The zero-order valence-corrected chi connectivity index (χ0v) is 21.4. The minimum absolute atomic E-state index is 0.00855. The summed E-state index contributed by atoms with van der Waals surface area (Å²) >= 11 is 0. The summed E-state index contributed by atoms with van der Waals surface area (Å²) in [6.07, 6.45) is -0.578. The molecule has 39 heavy (non-hydrogen) atoms. The van der Waals surface area contributed by atoms with Crippen LogP contribution in [0.2, 0.25) is 0 Å². The summed E-state index contributed by atoms with van der Waals surface area (Å²) in [5.41, 5.74) is 0.978. The van der Waals surface area contributed by atoms with Crippen LogP contribution in [0.1, 0.15) is 64.3 Å². The second-order valence-electron chi connectivity index (χ2n) is 9.68. The van der Waals surface area contributed by atoms with Gasteiger partial charge in [0.1, 0.15) is 0 Å². The number of nitrogens with zero attached hydrogens (tertiary/aromatic N) is 1. The molecule has 1 heterocycles. The molecule has 0 unspecified atom stereocenters. The molecule has 1 aliphatic carbocycles. The first-order chi connectivity index (χ1) is 18.6. The second-order valence-corrected chi connectivity index (χ2v) is 9.68. The van der Waals surface area contributed by atoms with E-state index in [0.29, 0.717) is 43.7 Å². The van der Waals surface area contributed by atoms with Crippen LogP contribution in [-0.4, -0.2) is 35.6 Å². The lowest BCUT2D eigenvalue weighted by atomic mass is 9.74. The molecular weight excluding hydrogens is 511 g/mol. The third-order valence-corrected chi connectivity index (χ3v) is 6.98. The molecule has 3 aromatic rings. The van der Waals surface area contributed by atoms with E-state index in [4.69, 9.17) is 4.74 Å². The SMILES string of the molecule is COCc1ccc(C2(O)CCC(c3ncccc3NC(=O)CNC(=O)c3cccc(C(F)(F)F)c3)CC2)cc1. The molecule has 0 aliphatic heterocycles. The number of benzene rings is 2. The monoisotopic (exact) mass is 541 g/mol. The van der Waals surface area contributed by atoms with Crippen LogP contribution < -0.4 is 10.6 Å². The highest BCUT2D eigenvalue weighted by molar-refractivity contribution is 5.99. The molecule has 2 aromatic carbocycles. The average Bonchev–Trinajstić information content (AvgIpc) is 2.93. The van der Waals surface area contributed by atoms with Gasteiger partial charge in [-0.3, -0.25) is 14.6 Å². The van der Waals surface area contributed by atoms with Gasteiger partial charge in [-0.25, -0.2) is 0 Å². The standard InChI is InChI=1S/C29H30F3N3O4/c1-39-18-19-7-9-22(10-8-19)28(38)13-11-20(12-14-28)26-24(6-3-15-33-26)35-25(36)17-34-27(37)21-4-2-5-23(16-21)29(30,31)32/h2-10,15-16,20,38H,11-14,17-18H2,1H3,(H,34,37)(H,35,36). The van der Waals surface area contributed by atoms with Crippen molar-refractivity contribution in [3.05, 3.63) is 94.8 Å². The van der Waals surface area contributed by atoms with Crippen molar-refractivity contribution < 1.29 is 32.6 Å².